The van der Waals surface area contributed by atoms with Crippen molar-refractivity contribution in [3.8, 4) is 9.88 Å². The van der Waals surface area contributed by atoms with Crippen molar-refractivity contribution in [3.63, 3.8) is 0 Å². The van der Waals surface area contributed by atoms with Crippen molar-refractivity contribution in [3.05, 3.63) is 64.5 Å². The zero-order chi connectivity index (χ0) is 15.4. The third-order valence-corrected chi connectivity index (χ3v) is 5.23. The van der Waals surface area contributed by atoms with Gasteiger partial charge in [0.15, 0.2) is 0 Å². The van der Waals surface area contributed by atoms with E-state index >= 15 is 0 Å². The minimum Gasteiger partial charge on any atom is -0.341 e. The highest BCUT2D eigenvalue weighted by molar-refractivity contribution is 7.20. The molecular weight excluding hydrogens is 312 g/mol. The van der Waals surface area contributed by atoms with Gasteiger partial charge in [0.2, 0.25) is 5.91 Å². The Kier molecular flexibility index (Phi) is 4.65. The smallest absolute Gasteiger partial charge is 0.228 e. The highest BCUT2D eigenvalue weighted by atomic mass is 32.1. The molecule has 3 nitrogen and oxygen atoms in total. The van der Waals surface area contributed by atoms with Gasteiger partial charge in [0.05, 0.1) is 17.0 Å². The average Bonchev–Trinajstić information content (AvgIpc) is 3.19. The average molecular weight is 328 g/mol. The molecule has 0 fully saturated rings. The van der Waals surface area contributed by atoms with E-state index in [1.807, 2.05) is 54.2 Å². The van der Waals surface area contributed by atoms with Crippen molar-refractivity contribution >= 4 is 28.6 Å². The van der Waals surface area contributed by atoms with Crippen molar-refractivity contribution in [1.29, 1.82) is 0 Å². The van der Waals surface area contributed by atoms with E-state index < -0.39 is 0 Å². The minimum atomic E-state index is 0.0897. The second kappa shape index (κ2) is 6.85. The number of carbonyl (C=O) groups is 1. The van der Waals surface area contributed by atoms with Gasteiger partial charge in [0.25, 0.3) is 0 Å². The van der Waals surface area contributed by atoms with Gasteiger partial charge in [0.1, 0.15) is 5.01 Å². The van der Waals surface area contributed by atoms with Crippen molar-refractivity contribution in [2.45, 2.75) is 13.0 Å². The van der Waals surface area contributed by atoms with Gasteiger partial charge in [-0.05, 0) is 17.0 Å². The number of amides is 1. The maximum absolute atomic E-state index is 12.3. The van der Waals surface area contributed by atoms with E-state index in [2.05, 4.69) is 11.1 Å². The monoisotopic (exact) mass is 328 g/mol. The van der Waals surface area contributed by atoms with E-state index in [1.54, 1.807) is 27.6 Å². The highest BCUT2D eigenvalue weighted by Gasteiger charge is 2.13. The van der Waals surface area contributed by atoms with Crippen LogP contribution in [0.5, 0.6) is 0 Å². The number of hydrogen-bond acceptors (Lipinski definition) is 4. The summed E-state index contributed by atoms with van der Waals surface area (Å²) >= 11 is 3.26. The normalized spacial score (nSPS) is 10.6. The van der Waals surface area contributed by atoms with Gasteiger partial charge in [-0.15, -0.1) is 22.7 Å². The van der Waals surface area contributed by atoms with Crippen LogP contribution in [0.25, 0.3) is 9.88 Å². The number of rotatable bonds is 5. The lowest BCUT2D eigenvalue weighted by molar-refractivity contribution is -0.129. The maximum Gasteiger partial charge on any atom is 0.228 e. The summed E-state index contributed by atoms with van der Waals surface area (Å²) in [5.74, 6) is 0.0897. The molecule has 3 aromatic rings. The molecule has 0 spiro atoms. The first kappa shape index (κ1) is 14.9. The second-order valence-electron chi connectivity index (χ2n) is 5.03. The molecule has 0 aliphatic rings. The first-order valence-corrected chi connectivity index (χ1v) is 8.74. The summed E-state index contributed by atoms with van der Waals surface area (Å²) in [7, 11) is 1.84. The lowest BCUT2D eigenvalue weighted by atomic mass is 10.2. The Morgan fingerprint density at radius 1 is 1.14 bits per heavy atom. The van der Waals surface area contributed by atoms with Crippen LogP contribution in [0.3, 0.4) is 0 Å². The van der Waals surface area contributed by atoms with Crippen LogP contribution >= 0.6 is 22.7 Å². The van der Waals surface area contributed by atoms with Gasteiger partial charge in [-0.1, -0.05) is 36.4 Å². The van der Waals surface area contributed by atoms with Crippen LogP contribution < -0.4 is 0 Å². The number of aromatic nitrogens is 1. The molecule has 3 rings (SSSR count). The number of thiazole rings is 1. The summed E-state index contributed by atoms with van der Waals surface area (Å²) < 4.78 is 0. The van der Waals surface area contributed by atoms with Crippen LogP contribution in [-0.2, 0) is 17.8 Å². The molecule has 1 amide bonds. The molecule has 22 heavy (non-hydrogen) atoms. The molecular formula is C17H16N2OS2. The largest absolute Gasteiger partial charge is 0.341 e. The van der Waals surface area contributed by atoms with Crippen LogP contribution in [-0.4, -0.2) is 22.8 Å². The number of carbonyl (C=O) groups excluding carboxylic acids is 1. The van der Waals surface area contributed by atoms with Crippen molar-refractivity contribution in [2.24, 2.45) is 0 Å². The Hall–Kier alpha value is -1.98. The summed E-state index contributed by atoms with van der Waals surface area (Å²) in [5.41, 5.74) is 1.98. The third-order valence-electron chi connectivity index (χ3n) is 3.30. The molecule has 0 saturated carbocycles. The Morgan fingerprint density at radius 3 is 2.68 bits per heavy atom. The van der Waals surface area contributed by atoms with Gasteiger partial charge in [0, 0.05) is 19.0 Å². The number of likely N-dealkylation sites (N-methyl/N-ethyl adjacent to an activating group) is 1. The molecule has 2 aromatic heterocycles. The zero-order valence-corrected chi connectivity index (χ0v) is 13.9. The van der Waals surface area contributed by atoms with E-state index in [1.165, 1.54) is 0 Å². The van der Waals surface area contributed by atoms with E-state index in [-0.39, 0.29) is 5.91 Å². The Labute approximate surface area is 137 Å². The first-order chi connectivity index (χ1) is 10.7. The second-order valence-corrected chi connectivity index (χ2v) is 6.84. The first-order valence-electron chi connectivity index (χ1n) is 6.98. The molecule has 0 radical (unpaired) electrons. The molecule has 112 valence electrons. The van der Waals surface area contributed by atoms with Crippen LogP contribution in [0.1, 0.15) is 11.3 Å². The Morgan fingerprint density at radius 2 is 1.95 bits per heavy atom. The fraction of sp³-hybridized carbons (Fsp3) is 0.176. The van der Waals surface area contributed by atoms with Gasteiger partial charge in [-0.3, -0.25) is 4.79 Å². The van der Waals surface area contributed by atoms with E-state index in [0.29, 0.717) is 13.0 Å². The van der Waals surface area contributed by atoms with Gasteiger partial charge >= 0.3 is 0 Å². The molecule has 5 heteroatoms. The Bertz CT molecular complexity index is 735. The summed E-state index contributed by atoms with van der Waals surface area (Å²) in [6.45, 7) is 0.627. The quantitative estimate of drug-likeness (QED) is 0.707. The Balaban J connectivity index is 1.62. The highest BCUT2D eigenvalue weighted by Crippen LogP contribution is 2.28. The maximum atomic E-state index is 12.3. The fourth-order valence-electron chi connectivity index (χ4n) is 2.14. The predicted molar refractivity (Wildman–Crippen MR) is 92.0 cm³/mol. The topological polar surface area (TPSA) is 33.2 Å². The predicted octanol–water partition coefficient (Wildman–Crippen LogP) is 4.07. The van der Waals surface area contributed by atoms with E-state index in [4.69, 9.17) is 0 Å². The van der Waals surface area contributed by atoms with Gasteiger partial charge < -0.3 is 4.90 Å². The van der Waals surface area contributed by atoms with Gasteiger partial charge in [-0.2, -0.15) is 0 Å². The molecule has 0 aliphatic carbocycles. The lowest BCUT2D eigenvalue weighted by Gasteiger charge is -2.16. The minimum absolute atomic E-state index is 0.0897. The van der Waals surface area contributed by atoms with Crippen molar-refractivity contribution < 1.29 is 4.79 Å². The summed E-state index contributed by atoms with van der Waals surface area (Å²) in [5, 5.41) is 5.00. The standard InChI is InChI=1S/C17H16N2OS2/c1-19(11-13-6-3-2-4-7-13)16(20)10-14-12-22-17(18-14)15-8-5-9-21-15/h2-9,12H,10-11H2,1H3. The summed E-state index contributed by atoms with van der Waals surface area (Å²) in [4.78, 5) is 19.8. The summed E-state index contributed by atoms with van der Waals surface area (Å²) in [6, 6.07) is 14.1. The molecule has 0 unspecified atom stereocenters. The van der Waals surface area contributed by atoms with Crippen LogP contribution in [0.15, 0.2) is 53.2 Å². The third kappa shape index (κ3) is 3.61. The molecule has 2 heterocycles. The fourth-order valence-corrected chi connectivity index (χ4v) is 3.77. The van der Waals surface area contributed by atoms with Crippen molar-refractivity contribution in [2.75, 3.05) is 7.05 Å². The number of nitrogens with zero attached hydrogens (tertiary/aromatic N) is 2. The molecule has 0 atom stereocenters. The molecule has 0 N–H and O–H groups in total. The number of benzene rings is 1. The lowest BCUT2D eigenvalue weighted by Crippen LogP contribution is -2.27. The molecule has 1 aromatic carbocycles. The molecule has 0 saturated heterocycles. The van der Waals surface area contributed by atoms with Gasteiger partial charge in [-0.25, -0.2) is 4.98 Å². The number of hydrogen-bond donors (Lipinski definition) is 0. The zero-order valence-electron chi connectivity index (χ0n) is 12.2. The molecule has 0 aliphatic heterocycles. The van der Waals surface area contributed by atoms with E-state index in [0.717, 1.165) is 21.1 Å². The number of thiophene rings is 1. The SMILES string of the molecule is CN(Cc1ccccc1)C(=O)Cc1csc(-c2cccs2)n1. The van der Waals surface area contributed by atoms with Crippen molar-refractivity contribution in [1.82, 2.24) is 9.88 Å². The van der Waals surface area contributed by atoms with Crippen LogP contribution in [0.4, 0.5) is 0 Å². The molecule has 0 bridgehead atoms. The van der Waals surface area contributed by atoms with Crippen LogP contribution in [0, 0.1) is 0 Å². The summed E-state index contributed by atoms with van der Waals surface area (Å²) in [6.07, 6.45) is 0.352. The van der Waals surface area contributed by atoms with Crippen LogP contribution in [0.2, 0.25) is 0 Å². The van der Waals surface area contributed by atoms with E-state index in [9.17, 15) is 4.79 Å².